The number of rotatable bonds is 10. The molecule has 2 aromatic rings. The maximum absolute atomic E-state index is 12.9. The molecule has 1 unspecified atom stereocenters. The van der Waals surface area contributed by atoms with Gasteiger partial charge in [-0.25, -0.2) is 0 Å². The summed E-state index contributed by atoms with van der Waals surface area (Å²) in [6.45, 7) is 8.27. The quantitative estimate of drug-likeness (QED) is 0.544. The Balaban J connectivity index is 0.00000450. The highest BCUT2D eigenvalue weighted by molar-refractivity contribution is 5.88. The predicted molar refractivity (Wildman–Crippen MR) is 121 cm³/mol. The number of anilines is 1. The average molecular weight is 435 g/mol. The molecule has 0 bridgehead atoms. The lowest BCUT2D eigenvalue weighted by molar-refractivity contribution is -0.147. The molecule has 0 heterocycles. The summed E-state index contributed by atoms with van der Waals surface area (Å²) in [7, 11) is 0. The molecule has 1 atom stereocenters. The summed E-state index contributed by atoms with van der Waals surface area (Å²) in [5.74, 6) is -0.780. The minimum atomic E-state index is -0.423. The molecule has 2 aromatic carbocycles. The molecule has 0 aromatic heterocycles. The van der Waals surface area contributed by atoms with Gasteiger partial charge in [-0.3, -0.25) is 9.59 Å². The van der Waals surface area contributed by atoms with Crippen molar-refractivity contribution >= 4 is 30.0 Å². The Morgan fingerprint density at radius 2 is 1.70 bits per heavy atom. The number of nitrogens with zero attached hydrogens (tertiary/aromatic N) is 1. The van der Waals surface area contributed by atoms with E-state index in [1.165, 1.54) is 6.92 Å². The minimum absolute atomic E-state index is 0. The predicted octanol–water partition coefficient (Wildman–Crippen LogP) is 4.33. The lowest BCUT2D eigenvalue weighted by Crippen LogP contribution is -2.27. The summed E-state index contributed by atoms with van der Waals surface area (Å²) in [4.78, 5) is 26.4. The van der Waals surface area contributed by atoms with Crippen molar-refractivity contribution in [1.82, 2.24) is 4.90 Å². The first kappa shape index (κ1) is 25.5. The molecule has 7 heteroatoms. The van der Waals surface area contributed by atoms with Crippen molar-refractivity contribution in [1.29, 1.82) is 0 Å². The molecule has 0 saturated heterocycles. The Kier molecular flexibility index (Phi) is 10.9. The lowest BCUT2D eigenvalue weighted by atomic mass is 9.95. The molecule has 1 amide bonds. The molecule has 30 heavy (non-hydrogen) atoms. The van der Waals surface area contributed by atoms with Crippen LogP contribution in [0.2, 0.25) is 0 Å². The van der Waals surface area contributed by atoms with E-state index in [0.29, 0.717) is 17.7 Å². The van der Waals surface area contributed by atoms with Crippen LogP contribution in [0.3, 0.4) is 0 Å². The van der Waals surface area contributed by atoms with Crippen molar-refractivity contribution in [2.75, 3.05) is 25.0 Å². The fraction of sp³-hybridized carbons (Fsp3) is 0.391. The fourth-order valence-corrected chi connectivity index (χ4v) is 3.16. The summed E-state index contributed by atoms with van der Waals surface area (Å²) < 4.78 is 5.53. The summed E-state index contributed by atoms with van der Waals surface area (Å²) in [5.41, 5.74) is 2.10. The highest BCUT2D eigenvalue weighted by Crippen LogP contribution is 2.25. The van der Waals surface area contributed by atoms with Gasteiger partial charge in [0.15, 0.2) is 0 Å². The normalized spacial score (nSPS) is 11.5. The summed E-state index contributed by atoms with van der Waals surface area (Å²) in [6, 6.07) is 14.1. The molecule has 2 rings (SSSR count). The number of carbonyl (C=O) groups excluding carboxylic acids is 2. The van der Waals surface area contributed by atoms with Gasteiger partial charge in [-0.05, 0) is 49.8 Å². The van der Waals surface area contributed by atoms with Gasteiger partial charge in [-0.2, -0.15) is 0 Å². The van der Waals surface area contributed by atoms with Crippen molar-refractivity contribution in [3.8, 4) is 5.75 Å². The van der Waals surface area contributed by atoms with Gasteiger partial charge in [0.1, 0.15) is 12.4 Å². The van der Waals surface area contributed by atoms with Crippen molar-refractivity contribution in [3.05, 3.63) is 59.7 Å². The van der Waals surface area contributed by atoms with Gasteiger partial charge in [0.05, 0.1) is 5.92 Å². The zero-order valence-electron chi connectivity index (χ0n) is 17.8. The van der Waals surface area contributed by atoms with Gasteiger partial charge in [-0.15, -0.1) is 12.4 Å². The molecule has 0 saturated carbocycles. The molecule has 0 aliphatic carbocycles. The van der Waals surface area contributed by atoms with E-state index in [1.54, 1.807) is 36.4 Å². The largest absolute Gasteiger partial charge is 0.508 e. The SMILES string of the molecule is CCN(CC)CCC(C(=O)OCc1ccccc1O)c1ccc(NC(C)=O)cc1.Cl. The van der Waals surface area contributed by atoms with E-state index in [9.17, 15) is 14.7 Å². The maximum Gasteiger partial charge on any atom is 0.313 e. The van der Waals surface area contributed by atoms with Crippen molar-refractivity contribution in [2.45, 2.75) is 39.7 Å². The second-order valence-electron chi connectivity index (χ2n) is 6.91. The van der Waals surface area contributed by atoms with E-state index in [-0.39, 0.29) is 36.6 Å². The zero-order valence-corrected chi connectivity index (χ0v) is 18.6. The van der Waals surface area contributed by atoms with Crippen LogP contribution in [0, 0.1) is 0 Å². The van der Waals surface area contributed by atoms with Crippen LogP contribution in [0.15, 0.2) is 48.5 Å². The number of phenols is 1. The Morgan fingerprint density at radius 1 is 1.07 bits per heavy atom. The Labute approximate surface area is 184 Å². The van der Waals surface area contributed by atoms with E-state index in [2.05, 4.69) is 24.1 Å². The van der Waals surface area contributed by atoms with Gasteiger partial charge in [0, 0.05) is 18.2 Å². The Morgan fingerprint density at radius 3 is 2.27 bits per heavy atom. The third-order valence-corrected chi connectivity index (χ3v) is 4.91. The van der Waals surface area contributed by atoms with Crippen LogP contribution in [0.4, 0.5) is 5.69 Å². The van der Waals surface area contributed by atoms with Crippen LogP contribution in [0.5, 0.6) is 5.75 Å². The molecule has 0 spiro atoms. The number of hydrogen-bond donors (Lipinski definition) is 2. The Hall–Kier alpha value is -2.57. The van der Waals surface area contributed by atoms with Gasteiger partial charge >= 0.3 is 5.97 Å². The first-order valence-corrected chi connectivity index (χ1v) is 9.98. The molecule has 0 aliphatic rings. The smallest absolute Gasteiger partial charge is 0.313 e. The number of phenolic OH excluding ortho intramolecular Hbond substituents is 1. The number of hydrogen-bond acceptors (Lipinski definition) is 5. The average Bonchev–Trinajstić information content (AvgIpc) is 2.71. The maximum atomic E-state index is 12.9. The van der Waals surface area contributed by atoms with E-state index >= 15 is 0 Å². The number of carbonyl (C=O) groups is 2. The standard InChI is InChI=1S/C23H30N2O4.ClH/c1-4-25(5-2)15-14-21(18-10-12-20(13-11-18)24-17(3)26)23(28)29-16-19-8-6-7-9-22(19)27;/h6-13,21,27H,4-5,14-16H2,1-3H3,(H,24,26);1H. The van der Waals surface area contributed by atoms with Gasteiger partial charge in [-0.1, -0.05) is 44.2 Å². The van der Waals surface area contributed by atoms with Crippen molar-refractivity contribution < 1.29 is 19.4 Å². The van der Waals surface area contributed by atoms with Gasteiger partial charge in [0.2, 0.25) is 5.91 Å². The van der Waals surface area contributed by atoms with E-state index < -0.39 is 5.92 Å². The summed E-state index contributed by atoms with van der Waals surface area (Å²) in [5, 5.41) is 12.6. The summed E-state index contributed by atoms with van der Waals surface area (Å²) in [6.07, 6.45) is 0.626. The lowest BCUT2D eigenvalue weighted by Gasteiger charge is -2.22. The monoisotopic (exact) mass is 434 g/mol. The molecule has 0 radical (unpaired) electrons. The van der Waals surface area contributed by atoms with Crippen LogP contribution in [-0.2, 0) is 20.9 Å². The minimum Gasteiger partial charge on any atom is -0.508 e. The first-order chi connectivity index (χ1) is 13.9. The zero-order chi connectivity index (χ0) is 21.2. The Bertz CT molecular complexity index is 807. The third-order valence-electron chi connectivity index (χ3n) is 4.91. The molecular weight excluding hydrogens is 404 g/mol. The number of ether oxygens (including phenoxy) is 1. The van der Waals surface area contributed by atoms with Gasteiger partial charge < -0.3 is 20.1 Å². The van der Waals surface area contributed by atoms with E-state index in [0.717, 1.165) is 25.2 Å². The van der Waals surface area contributed by atoms with E-state index in [4.69, 9.17) is 4.74 Å². The molecule has 6 nitrogen and oxygen atoms in total. The van der Waals surface area contributed by atoms with Crippen LogP contribution in [-0.4, -0.2) is 41.5 Å². The number of amides is 1. The van der Waals surface area contributed by atoms with E-state index in [1.807, 2.05) is 12.1 Å². The highest BCUT2D eigenvalue weighted by Gasteiger charge is 2.23. The van der Waals surface area contributed by atoms with Crippen LogP contribution < -0.4 is 5.32 Å². The van der Waals surface area contributed by atoms with Crippen LogP contribution in [0.25, 0.3) is 0 Å². The third kappa shape index (κ3) is 7.69. The number of benzene rings is 2. The molecule has 0 fully saturated rings. The highest BCUT2D eigenvalue weighted by atomic mass is 35.5. The molecular formula is C23H31ClN2O4. The van der Waals surface area contributed by atoms with Crippen molar-refractivity contribution in [2.24, 2.45) is 0 Å². The number of halogens is 1. The van der Waals surface area contributed by atoms with Crippen LogP contribution >= 0.6 is 12.4 Å². The molecule has 164 valence electrons. The van der Waals surface area contributed by atoms with Crippen molar-refractivity contribution in [3.63, 3.8) is 0 Å². The number of para-hydroxylation sites is 1. The molecule has 0 aliphatic heterocycles. The first-order valence-electron chi connectivity index (χ1n) is 9.98. The number of nitrogens with one attached hydrogen (secondary N) is 1. The number of esters is 1. The molecule has 2 N–H and O–H groups in total. The van der Waals surface area contributed by atoms with Gasteiger partial charge in [0.25, 0.3) is 0 Å². The van der Waals surface area contributed by atoms with Crippen LogP contribution in [0.1, 0.15) is 44.2 Å². The topological polar surface area (TPSA) is 78.9 Å². The second-order valence-corrected chi connectivity index (χ2v) is 6.91. The fourth-order valence-electron chi connectivity index (χ4n) is 3.16. The summed E-state index contributed by atoms with van der Waals surface area (Å²) >= 11 is 0. The second kappa shape index (κ2) is 12.9. The number of aromatic hydroxyl groups is 1.